The summed E-state index contributed by atoms with van der Waals surface area (Å²) in [5, 5.41) is 13.8. The van der Waals surface area contributed by atoms with Gasteiger partial charge in [0.1, 0.15) is 16.4 Å². The van der Waals surface area contributed by atoms with Gasteiger partial charge in [0, 0.05) is 16.8 Å². The van der Waals surface area contributed by atoms with E-state index in [9.17, 15) is 9.90 Å². The highest BCUT2D eigenvalue weighted by molar-refractivity contribution is 8.18. The van der Waals surface area contributed by atoms with Crippen molar-refractivity contribution in [2.75, 3.05) is 6.61 Å². The van der Waals surface area contributed by atoms with Crippen LogP contribution in [0.1, 0.15) is 23.9 Å². The molecule has 180 valence electrons. The van der Waals surface area contributed by atoms with E-state index in [-0.39, 0.29) is 17.9 Å². The van der Waals surface area contributed by atoms with Crippen molar-refractivity contribution >= 4 is 45.3 Å². The summed E-state index contributed by atoms with van der Waals surface area (Å²) in [5.74, 6) is -0.690. The first-order chi connectivity index (χ1) is 17.5. The Balaban J connectivity index is 1.60. The van der Waals surface area contributed by atoms with E-state index in [1.807, 2.05) is 48.5 Å². The number of nitrogens with zero attached hydrogens (tertiary/aromatic N) is 2. The number of hydrogen-bond acceptors (Lipinski definition) is 5. The fraction of sp³-hybridized carbons (Fsp3) is 0.133. The average molecular weight is 495 g/mol. The summed E-state index contributed by atoms with van der Waals surface area (Å²) < 4.78 is 7.45. The smallest absolute Gasteiger partial charge is 0.344 e. The molecule has 1 aliphatic heterocycles. The maximum Gasteiger partial charge on any atom is 0.344 e. The predicted octanol–water partition coefficient (Wildman–Crippen LogP) is 7.44. The molecule has 36 heavy (non-hydrogen) atoms. The van der Waals surface area contributed by atoms with Crippen LogP contribution in [-0.2, 0) is 9.53 Å². The summed E-state index contributed by atoms with van der Waals surface area (Å²) in [6, 6.07) is 26.1. The Morgan fingerprint density at radius 3 is 2.53 bits per heavy atom. The topological polar surface area (TPSA) is 63.8 Å². The number of carbonyl (C=O) groups is 1. The Morgan fingerprint density at radius 2 is 1.75 bits per heavy atom. The second-order valence-electron chi connectivity index (χ2n) is 8.47. The van der Waals surface area contributed by atoms with Gasteiger partial charge in [-0.2, -0.15) is 0 Å². The number of aliphatic imine (C=N–C) groups is 1. The number of fused-ring (bicyclic) bond motifs is 1. The van der Waals surface area contributed by atoms with Crippen molar-refractivity contribution in [1.82, 2.24) is 4.57 Å². The maximum absolute atomic E-state index is 12.7. The fourth-order valence-electron chi connectivity index (χ4n) is 4.46. The first-order valence-corrected chi connectivity index (χ1v) is 12.6. The van der Waals surface area contributed by atoms with E-state index >= 15 is 0 Å². The van der Waals surface area contributed by atoms with Gasteiger partial charge in [0.05, 0.1) is 22.9 Å². The van der Waals surface area contributed by atoms with Crippen LogP contribution in [0.25, 0.3) is 22.5 Å². The lowest BCUT2D eigenvalue weighted by molar-refractivity contribution is -0.138. The first kappa shape index (κ1) is 23.7. The van der Waals surface area contributed by atoms with Crippen molar-refractivity contribution in [2.45, 2.75) is 20.8 Å². The zero-order valence-corrected chi connectivity index (χ0v) is 21.2. The highest BCUT2D eigenvalue weighted by atomic mass is 32.2. The molecular formula is C30H26N2O3S. The van der Waals surface area contributed by atoms with Gasteiger partial charge < -0.3 is 14.4 Å². The lowest BCUT2D eigenvalue weighted by Crippen LogP contribution is -2.12. The largest absolute Gasteiger partial charge is 0.506 e. The number of aliphatic hydroxyl groups excluding tert-OH is 1. The number of carbonyl (C=O) groups excluding carboxylic acids is 1. The van der Waals surface area contributed by atoms with Crippen LogP contribution in [0.4, 0.5) is 5.69 Å². The zero-order chi connectivity index (χ0) is 25.2. The van der Waals surface area contributed by atoms with Crippen LogP contribution in [0.3, 0.4) is 0 Å². The maximum atomic E-state index is 12.7. The van der Waals surface area contributed by atoms with E-state index < -0.39 is 5.97 Å². The molecule has 0 bridgehead atoms. The number of esters is 1. The van der Waals surface area contributed by atoms with Gasteiger partial charge >= 0.3 is 5.97 Å². The lowest BCUT2D eigenvalue weighted by atomic mass is 10.1. The molecule has 4 aromatic rings. The molecule has 3 aromatic carbocycles. The molecule has 0 aliphatic carbocycles. The van der Waals surface area contributed by atoms with E-state index in [0.29, 0.717) is 15.6 Å². The van der Waals surface area contributed by atoms with Crippen molar-refractivity contribution in [1.29, 1.82) is 0 Å². The number of benzene rings is 3. The minimum absolute atomic E-state index is 0.0971. The summed E-state index contributed by atoms with van der Waals surface area (Å²) >= 11 is 1.27. The molecule has 0 atom stereocenters. The SMILES string of the molecule is CCOC(=O)C1=C(O)/C(=C/c2cc(C)n(-c3cccc4ccccc34)c2C)SC1=Nc1ccccc1. The highest BCUT2D eigenvalue weighted by Crippen LogP contribution is 2.41. The Morgan fingerprint density at radius 1 is 1.03 bits per heavy atom. The Bertz CT molecular complexity index is 1560. The number of rotatable bonds is 5. The van der Waals surface area contributed by atoms with Crippen LogP contribution in [0, 0.1) is 13.8 Å². The molecule has 0 amide bonds. The standard InChI is InChI=1S/C30H26N2O3S/c1-4-35-30(34)27-28(33)26(36-29(27)31-23-13-6-5-7-14-23)18-22-17-19(2)32(20(22)3)25-16-10-12-21-11-8-9-15-24(21)25/h5-18,33H,4H2,1-3H3/b26-18-,31-29?. The second-order valence-corrected chi connectivity index (χ2v) is 9.50. The summed E-state index contributed by atoms with van der Waals surface area (Å²) in [4.78, 5) is 17.9. The van der Waals surface area contributed by atoms with Crippen molar-refractivity contribution in [3.05, 3.63) is 112 Å². The predicted molar refractivity (Wildman–Crippen MR) is 148 cm³/mol. The molecule has 1 N–H and O–H groups in total. The summed E-state index contributed by atoms with van der Waals surface area (Å²) in [5.41, 5.74) is 4.97. The number of aromatic nitrogens is 1. The summed E-state index contributed by atoms with van der Waals surface area (Å²) in [6.45, 7) is 6.09. The molecule has 0 saturated heterocycles. The minimum Gasteiger partial charge on any atom is -0.506 e. The molecule has 2 heterocycles. The number of para-hydroxylation sites is 1. The number of aryl methyl sites for hydroxylation is 1. The van der Waals surface area contributed by atoms with Gasteiger partial charge in [-0.15, -0.1) is 0 Å². The van der Waals surface area contributed by atoms with Crippen LogP contribution in [0.2, 0.25) is 0 Å². The van der Waals surface area contributed by atoms with Crippen LogP contribution in [0.5, 0.6) is 0 Å². The van der Waals surface area contributed by atoms with Crippen molar-refractivity contribution in [2.24, 2.45) is 4.99 Å². The van der Waals surface area contributed by atoms with Crippen molar-refractivity contribution < 1.29 is 14.6 Å². The molecule has 1 aromatic heterocycles. The van der Waals surface area contributed by atoms with Gasteiger partial charge in [-0.3, -0.25) is 0 Å². The molecule has 0 spiro atoms. The molecule has 0 unspecified atom stereocenters. The summed E-state index contributed by atoms with van der Waals surface area (Å²) in [6.07, 6.45) is 1.91. The third-order valence-corrected chi connectivity index (χ3v) is 7.14. The van der Waals surface area contributed by atoms with E-state index in [1.165, 1.54) is 22.5 Å². The van der Waals surface area contributed by atoms with Crippen LogP contribution in [-0.4, -0.2) is 27.3 Å². The monoisotopic (exact) mass is 494 g/mol. The third kappa shape index (κ3) is 4.36. The number of aliphatic hydroxyl groups is 1. The minimum atomic E-state index is -0.582. The van der Waals surface area contributed by atoms with Crippen LogP contribution in [0.15, 0.2) is 100 Å². The van der Waals surface area contributed by atoms with E-state index in [2.05, 4.69) is 59.8 Å². The molecule has 6 heteroatoms. The van der Waals surface area contributed by atoms with E-state index in [1.54, 1.807) is 6.92 Å². The van der Waals surface area contributed by atoms with Gasteiger partial charge in [0.25, 0.3) is 0 Å². The van der Waals surface area contributed by atoms with Crippen molar-refractivity contribution in [3.63, 3.8) is 0 Å². The van der Waals surface area contributed by atoms with Gasteiger partial charge in [-0.1, -0.05) is 66.4 Å². The van der Waals surface area contributed by atoms with E-state index in [4.69, 9.17) is 4.74 Å². The Labute approximate surface area is 214 Å². The molecule has 5 rings (SSSR count). The third-order valence-electron chi connectivity index (χ3n) is 6.12. The second kappa shape index (κ2) is 9.91. The molecular weight excluding hydrogens is 468 g/mol. The Hall–Kier alpha value is -4.03. The number of hydrogen-bond donors (Lipinski definition) is 1. The van der Waals surface area contributed by atoms with Gasteiger partial charge in [-0.25, -0.2) is 9.79 Å². The molecule has 1 aliphatic rings. The zero-order valence-electron chi connectivity index (χ0n) is 20.4. The first-order valence-electron chi connectivity index (χ1n) is 11.8. The number of ether oxygens (including phenoxy) is 1. The lowest BCUT2D eigenvalue weighted by Gasteiger charge is -2.13. The molecule has 5 nitrogen and oxygen atoms in total. The van der Waals surface area contributed by atoms with Crippen molar-refractivity contribution in [3.8, 4) is 5.69 Å². The quantitative estimate of drug-likeness (QED) is 0.293. The highest BCUT2D eigenvalue weighted by Gasteiger charge is 2.33. The molecule has 0 radical (unpaired) electrons. The number of thioether (sulfide) groups is 1. The normalized spacial score (nSPS) is 15.9. The van der Waals surface area contributed by atoms with E-state index in [0.717, 1.165) is 22.6 Å². The average Bonchev–Trinajstić information content (AvgIpc) is 3.33. The van der Waals surface area contributed by atoms with Gasteiger partial charge in [-0.05, 0) is 62.1 Å². The molecule has 0 fully saturated rings. The fourth-order valence-corrected chi connectivity index (χ4v) is 5.49. The molecule has 0 saturated carbocycles. The Kier molecular flexibility index (Phi) is 6.53. The van der Waals surface area contributed by atoms with Crippen LogP contribution >= 0.6 is 11.8 Å². The van der Waals surface area contributed by atoms with Crippen LogP contribution < -0.4 is 0 Å². The summed E-state index contributed by atoms with van der Waals surface area (Å²) in [7, 11) is 0. The van der Waals surface area contributed by atoms with Gasteiger partial charge in [0.15, 0.2) is 0 Å². The van der Waals surface area contributed by atoms with Gasteiger partial charge in [0.2, 0.25) is 0 Å².